The highest BCUT2D eigenvalue weighted by Gasteiger charge is 2.29. The molecule has 1 aliphatic rings. The summed E-state index contributed by atoms with van der Waals surface area (Å²) in [6, 6.07) is 0. The molecule has 0 aromatic rings. The maximum absolute atomic E-state index is 11.6. The molecule has 1 saturated carbocycles. The van der Waals surface area contributed by atoms with Crippen LogP contribution in [0.5, 0.6) is 0 Å². The van der Waals surface area contributed by atoms with E-state index in [-0.39, 0.29) is 17.2 Å². The molecule has 0 aromatic carbocycles. The number of amides is 1. The lowest BCUT2D eigenvalue weighted by Gasteiger charge is -2.20. The van der Waals surface area contributed by atoms with Crippen molar-refractivity contribution >= 4 is 11.7 Å². The number of hydrogen-bond donors (Lipinski definition) is 1. The fourth-order valence-corrected chi connectivity index (χ4v) is 1.78. The van der Waals surface area contributed by atoms with Gasteiger partial charge in [-0.25, -0.2) is 0 Å². The first-order valence-electron chi connectivity index (χ1n) is 5.26. The van der Waals surface area contributed by atoms with Gasteiger partial charge in [0.2, 0.25) is 5.78 Å². The summed E-state index contributed by atoms with van der Waals surface area (Å²) in [5, 5.41) is 2.71. The molecule has 0 radical (unpaired) electrons. The first-order chi connectivity index (χ1) is 6.40. The molecule has 0 aliphatic heterocycles. The molecular formula is C11H19NO2. The average molecular weight is 197 g/mol. The summed E-state index contributed by atoms with van der Waals surface area (Å²) in [5.41, 5.74) is -0.314. The van der Waals surface area contributed by atoms with Gasteiger partial charge in [0.25, 0.3) is 5.91 Å². The molecule has 0 atom stereocenters. The van der Waals surface area contributed by atoms with Crippen LogP contribution in [-0.2, 0) is 9.59 Å². The topological polar surface area (TPSA) is 46.2 Å². The van der Waals surface area contributed by atoms with Gasteiger partial charge in [-0.1, -0.05) is 12.8 Å². The minimum atomic E-state index is -0.413. The Morgan fingerprint density at radius 3 is 2.07 bits per heavy atom. The van der Waals surface area contributed by atoms with Crippen LogP contribution in [0, 0.1) is 5.92 Å². The second-order valence-electron chi connectivity index (χ2n) is 5.05. The van der Waals surface area contributed by atoms with Crippen molar-refractivity contribution in [2.75, 3.05) is 0 Å². The minimum Gasteiger partial charge on any atom is -0.345 e. The summed E-state index contributed by atoms with van der Waals surface area (Å²) in [5.74, 6) is -0.654. The Kier molecular flexibility index (Phi) is 3.29. The Morgan fingerprint density at radius 2 is 1.64 bits per heavy atom. The lowest BCUT2D eigenvalue weighted by Crippen LogP contribution is -2.45. The van der Waals surface area contributed by atoms with Gasteiger partial charge in [-0.15, -0.1) is 0 Å². The summed E-state index contributed by atoms with van der Waals surface area (Å²) in [7, 11) is 0. The fraction of sp³-hybridized carbons (Fsp3) is 0.818. The van der Waals surface area contributed by atoms with Crippen LogP contribution in [0.25, 0.3) is 0 Å². The molecule has 14 heavy (non-hydrogen) atoms. The molecule has 1 fully saturated rings. The fourth-order valence-electron chi connectivity index (χ4n) is 1.78. The highest BCUT2D eigenvalue weighted by molar-refractivity contribution is 6.37. The standard InChI is InChI=1S/C11H19NO2/c1-11(2,3)12-10(14)9(13)8-6-4-5-7-8/h8H,4-7H2,1-3H3,(H,12,14). The third kappa shape index (κ3) is 3.13. The number of nitrogens with one attached hydrogen (secondary N) is 1. The summed E-state index contributed by atoms with van der Waals surface area (Å²) in [6.07, 6.45) is 3.94. The van der Waals surface area contributed by atoms with E-state index in [0.717, 1.165) is 25.7 Å². The second-order valence-corrected chi connectivity index (χ2v) is 5.05. The van der Waals surface area contributed by atoms with Crippen LogP contribution in [0.3, 0.4) is 0 Å². The van der Waals surface area contributed by atoms with Gasteiger partial charge in [0.05, 0.1) is 0 Å². The van der Waals surface area contributed by atoms with Gasteiger partial charge in [0, 0.05) is 11.5 Å². The van der Waals surface area contributed by atoms with Crippen LogP contribution in [0.1, 0.15) is 46.5 Å². The summed E-state index contributed by atoms with van der Waals surface area (Å²) in [4.78, 5) is 23.1. The molecule has 1 rings (SSSR count). The first-order valence-corrected chi connectivity index (χ1v) is 5.26. The van der Waals surface area contributed by atoms with Crippen LogP contribution in [0.4, 0.5) is 0 Å². The Bertz CT molecular complexity index is 234. The zero-order valence-electron chi connectivity index (χ0n) is 9.22. The number of ketones is 1. The van der Waals surface area contributed by atoms with Crippen LogP contribution in [0.2, 0.25) is 0 Å². The summed E-state index contributed by atoms with van der Waals surface area (Å²) in [6.45, 7) is 5.65. The Balaban J connectivity index is 2.48. The van der Waals surface area contributed by atoms with Gasteiger partial charge < -0.3 is 5.32 Å². The van der Waals surface area contributed by atoms with Gasteiger partial charge in [-0.3, -0.25) is 9.59 Å². The van der Waals surface area contributed by atoms with E-state index in [1.54, 1.807) is 0 Å². The summed E-state index contributed by atoms with van der Waals surface area (Å²) < 4.78 is 0. The lowest BCUT2D eigenvalue weighted by atomic mass is 10.0. The summed E-state index contributed by atoms with van der Waals surface area (Å²) >= 11 is 0. The van der Waals surface area contributed by atoms with Crippen LogP contribution in [-0.4, -0.2) is 17.2 Å². The van der Waals surface area contributed by atoms with E-state index >= 15 is 0 Å². The molecule has 3 nitrogen and oxygen atoms in total. The smallest absolute Gasteiger partial charge is 0.288 e. The molecule has 0 spiro atoms. The predicted octanol–water partition coefficient (Wildman–Crippen LogP) is 1.66. The van der Waals surface area contributed by atoms with Crippen LogP contribution in [0.15, 0.2) is 0 Å². The monoisotopic (exact) mass is 197 g/mol. The second kappa shape index (κ2) is 4.11. The van der Waals surface area contributed by atoms with E-state index in [1.807, 2.05) is 20.8 Å². The van der Waals surface area contributed by atoms with Crippen molar-refractivity contribution in [1.29, 1.82) is 0 Å². The van der Waals surface area contributed by atoms with E-state index in [2.05, 4.69) is 5.32 Å². The van der Waals surface area contributed by atoms with E-state index in [4.69, 9.17) is 0 Å². The third-order valence-electron chi connectivity index (χ3n) is 2.44. The molecule has 1 amide bonds. The van der Waals surface area contributed by atoms with Gasteiger partial charge in [0.1, 0.15) is 0 Å². The van der Waals surface area contributed by atoms with Crippen molar-refractivity contribution < 1.29 is 9.59 Å². The van der Waals surface area contributed by atoms with E-state index in [1.165, 1.54) is 0 Å². The molecule has 0 bridgehead atoms. The molecule has 1 aliphatic carbocycles. The number of hydrogen-bond acceptors (Lipinski definition) is 2. The van der Waals surface area contributed by atoms with E-state index in [0.29, 0.717) is 0 Å². The van der Waals surface area contributed by atoms with Gasteiger partial charge >= 0.3 is 0 Å². The van der Waals surface area contributed by atoms with Crippen molar-refractivity contribution in [2.45, 2.75) is 52.0 Å². The number of carbonyl (C=O) groups is 2. The normalized spacial score (nSPS) is 18.2. The largest absolute Gasteiger partial charge is 0.345 e. The zero-order valence-corrected chi connectivity index (χ0v) is 9.22. The third-order valence-corrected chi connectivity index (χ3v) is 2.44. The highest BCUT2D eigenvalue weighted by Crippen LogP contribution is 2.25. The van der Waals surface area contributed by atoms with E-state index in [9.17, 15) is 9.59 Å². The Morgan fingerprint density at radius 1 is 1.14 bits per heavy atom. The van der Waals surface area contributed by atoms with Crippen molar-refractivity contribution in [2.24, 2.45) is 5.92 Å². The number of carbonyl (C=O) groups excluding carboxylic acids is 2. The molecule has 80 valence electrons. The molecule has 0 aromatic heterocycles. The number of rotatable bonds is 2. The van der Waals surface area contributed by atoms with Gasteiger partial charge in [-0.2, -0.15) is 0 Å². The molecule has 1 N–H and O–H groups in total. The zero-order chi connectivity index (χ0) is 10.8. The lowest BCUT2D eigenvalue weighted by molar-refractivity contribution is -0.141. The Labute approximate surface area is 85.3 Å². The van der Waals surface area contributed by atoms with Crippen molar-refractivity contribution in [1.82, 2.24) is 5.32 Å². The van der Waals surface area contributed by atoms with Crippen molar-refractivity contribution in [3.05, 3.63) is 0 Å². The quantitative estimate of drug-likeness (QED) is 0.684. The predicted molar refractivity (Wildman–Crippen MR) is 54.9 cm³/mol. The SMILES string of the molecule is CC(C)(C)NC(=O)C(=O)C1CCCC1. The molecule has 0 saturated heterocycles. The first kappa shape index (κ1) is 11.2. The van der Waals surface area contributed by atoms with Gasteiger partial charge in [-0.05, 0) is 33.6 Å². The maximum atomic E-state index is 11.6. The molecule has 0 unspecified atom stereocenters. The van der Waals surface area contributed by atoms with E-state index < -0.39 is 5.91 Å². The van der Waals surface area contributed by atoms with Crippen LogP contribution < -0.4 is 5.32 Å². The van der Waals surface area contributed by atoms with Crippen molar-refractivity contribution in [3.63, 3.8) is 0 Å². The average Bonchev–Trinajstić information content (AvgIpc) is 2.51. The number of Topliss-reactive ketones (excluding diaryl/α,β-unsaturated/α-hetero) is 1. The van der Waals surface area contributed by atoms with Crippen molar-refractivity contribution in [3.8, 4) is 0 Å². The maximum Gasteiger partial charge on any atom is 0.288 e. The molecule has 0 heterocycles. The van der Waals surface area contributed by atoms with Crippen LogP contribution >= 0.6 is 0 Å². The highest BCUT2D eigenvalue weighted by atomic mass is 16.2. The van der Waals surface area contributed by atoms with Gasteiger partial charge in [0.15, 0.2) is 0 Å². The molecular weight excluding hydrogens is 178 g/mol. The minimum absolute atomic E-state index is 0.0163. The Hall–Kier alpha value is -0.860. The molecule has 3 heteroatoms.